The summed E-state index contributed by atoms with van der Waals surface area (Å²) in [7, 11) is 0. The number of carbonyl (C=O) groups is 2. The number of rotatable bonds is 2. The second-order valence-corrected chi connectivity index (χ2v) is 8.18. The summed E-state index contributed by atoms with van der Waals surface area (Å²) >= 11 is 0. The van der Waals surface area contributed by atoms with Gasteiger partial charge in [0.1, 0.15) is 5.60 Å². The summed E-state index contributed by atoms with van der Waals surface area (Å²) in [6, 6.07) is 1.93. The van der Waals surface area contributed by atoms with E-state index in [4.69, 9.17) is 4.74 Å². The van der Waals surface area contributed by atoms with Crippen LogP contribution < -0.4 is 0 Å². The van der Waals surface area contributed by atoms with Crippen molar-refractivity contribution in [1.82, 2.24) is 14.9 Å². The van der Waals surface area contributed by atoms with Gasteiger partial charge in [-0.2, -0.15) is 0 Å². The lowest BCUT2D eigenvalue weighted by molar-refractivity contribution is -0.0261. The largest absolute Gasteiger partial charge is 0.444 e. The third kappa shape index (κ3) is 3.99. The number of piperidine rings is 2. The molecule has 0 saturated carbocycles. The van der Waals surface area contributed by atoms with Crippen molar-refractivity contribution in [3.05, 3.63) is 23.8 Å². The molecule has 0 spiro atoms. The SMILES string of the molecule is Cc1ccnc(C(=O)C2CC3CCCC(C2)N3C(=O)OC(C)(C)C)n1. The summed E-state index contributed by atoms with van der Waals surface area (Å²) in [5.74, 6) is 0.189. The predicted molar refractivity (Wildman–Crippen MR) is 93.3 cm³/mol. The Kier molecular flexibility index (Phi) is 4.80. The van der Waals surface area contributed by atoms with E-state index >= 15 is 0 Å². The molecule has 2 unspecified atom stereocenters. The molecule has 2 aliphatic heterocycles. The van der Waals surface area contributed by atoms with Crippen LogP contribution in [0.4, 0.5) is 4.79 Å². The topological polar surface area (TPSA) is 72.4 Å². The van der Waals surface area contributed by atoms with Crippen LogP contribution in [0.2, 0.25) is 0 Å². The highest BCUT2D eigenvalue weighted by atomic mass is 16.6. The number of aromatic nitrogens is 2. The monoisotopic (exact) mass is 345 g/mol. The van der Waals surface area contributed by atoms with Crippen LogP contribution in [0.5, 0.6) is 0 Å². The fraction of sp³-hybridized carbons (Fsp3) is 0.684. The first-order chi connectivity index (χ1) is 11.7. The van der Waals surface area contributed by atoms with Gasteiger partial charge in [0.05, 0.1) is 0 Å². The van der Waals surface area contributed by atoms with Crippen molar-refractivity contribution in [2.45, 2.75) is 77.5 Å². The lowest BCUT2D eigenvalue weighted by Gasteiger charge is -2.48. The summed E-state index contributed by atoms with van der Waals surface area (Å²) in [5, 5.41) is 0. The van der Waals surface area contributed by atoms with Crippen LogP contribution in [0.1, 0.15) is 69.2 Å². The van der Waals surface area contributed by atoms with Crippen molar-refractivity contribution in [2.75, 3.05) is 0 Å². The van der Waals surface area contributed by atoms with Crippen LogP contribution in [0.3, 0.4) is 0 Å². The zero-order valence-corrected chi connectivity index (χ0v) is 15.5. The van der Waals surface area contributed by atoms with Crippen molar-refractivity contribution in [2.24, 2.45) is 5.92 Å². The highest BCUT2D eigenvalue weighted by molar-refractivity contribution is 5.94. The quantitative estimate of drug-likeness (QED) is 0.767. The van der Waals surface area contributed by atoms with E-state index in [-0.39, 0.29) is 29.9 Å². The molecule has 0 aliphatic carbocycles. The maximum absolute atomic E-state index is 12.8. The van der Waals surface area contributed by atoms with Gasteiger partial charge in [-0.1, -0.05) is 0 Å². The van der Waals surface area contributed by atoms with Crippen LogP contribution in [-0.4, -0.2) is 44.4 Å². The Bertz CT molecular complexity index is 654. The third-order valence-corrected chi connectivity index (χ3v) is 4.96. The molecule has 2 aliphatic rings. The second-order valence-electron chi connectivity index (χ2n) is 8.18. The van der Waals surface area contributed by atoms with Gasteiger partial charge in [-0.15, -0.1) is 0 Å². The third-order valence-electron chi connectivity index (χ3n) is 4.96. The summed E-state index contributed by atoms with van der Waals surface area (Å²) < 4.78 is 5.59. The molecule has 3 heterocycles. The maximum Gasteiger partial charge on any atom is 0.410 e. The predicted octanol–water partition coefficient (Wildman–Crippen LogP) is 3.54. The van der Waals surface area contributed by atoms with E-state index < -0.39 is 5.60 Å². The number of hydrogen-bond acceptors (Lipinski definition) is 5. The molecule has 1 amide bonds. The molecule has 0 N–H and O–H groups in total. The molecule has 1 aromatic heterocycles. The van der Waals surface area contributed by atoms with Crippen LogP contribution in [-0.2, 0) is 4.74 Å². The normalized spacial score (nSPS) is 26.2. The van der Waals surface area contributed by atoms with E-state index in [1.54, 1.807) is 12.3 Å². The number of ether oxygens (including phenoxy) is 1. The molecule has 3 rings (SSSR count). The molecule has 2 atom stereocenters. The Morgan fingerprint density at radius 3 is 2.40 bits per heavy atom. The summed E-state index contributed by atoms with van der Waals surface area (Å²) in [6.45, 7) is 7.50. The van der Waals surface area contributed by atoms with Crippen molar-refractivity contribution in [3.63, 3.8) is 0 Å². The highest BCUT2D eigenvalue weighted by Gasteiger charge is 2.44. The van der Waals surface area contributed by atoms with E-state index in [1.807, 2.05) is 32.6 Å². The molecule has 6 heteroatoms. The number of aryl methyl sites for hydroxylation is 1. The fourth-order valence-corrected chi connectivity index (χ4v) is 3.96. The average Bonchev–Trinajstić information content (AvgIpc) is 2.51. The van der Waals surface area contributed by atoms with Crippen molar-refractivity contribution >= 4 is 11.9 Å². The van der Waals surface area contributed by atoms with Crippen LogP contribution >= 0.6 is 0 Å². The summed E-state index contributed by atoms with van der Waals surface area (Å²) in [4.78, 5) is 35.8. The second kappa shape index (κ2) is 6.73. The first kappa shape index (κ1) is 17.8. The van der Waals surface area contributed by atoms with E-state index in [0.717, 1.165) is 25.0 Å². The van der Waals surface area contributed by atoms with Gasteiger partial charge in [-0.3, -0.25) is 4.79 Å². The minimum Gasteiger partial charge on any atom is -0.444 e. The molecule has 2 saturated heterocycles. The zero-order valence-electron chi connectivity index (χ0n) is 15.5. The molecule has 0 radical (unpaired) electrons. The van der Waals surface area contributed by atoms with E-state index in [1.165, 1.54) is 0 Å². The standard InChI is InChI=1S/C19H27N3O3/c1-12-8-9-20-17(21-12)16(23)13-10-14-6-5-7-15(11-13)22(14)18(24)25-19(2,3)4/h8-9,13-15H,5-7,10-11H2,1-4H3. The molecule has 136 valence electrons. The number of fused-ring (bicyclic) bond motifs is 2. The Balaban J connectivity index is 1.75. The Morgan fingerprint density at radius 2 is 1.84 bits per heavy atom. The number of nitrogens with zero attached hydrogens (tertiary/aromatic N) is 3. The molecule has 25 heavy (non-hydrogen) atoms. The highest BCUT2D eigenvalue weighted by Crippen LogP contribution is 2.38. The minimum absolute atomic E-state index is 0.00411. The molecule has 6 nitrogen and oxygen atoms in total. The van der Waals surface area contributed by atoms with Crippen LogP contribution in [0.15, 0.2) is 12.3 Å². The van der Waals surface area contributed by atoms with E-state index in [0.29, 0.717) is 18.7 Å². The van der Waals surface area contributed by atoms with E-state index in [9.17, 15) is 9.59 Å². The Morgan fingerprint density at radius 1 is 1.20 bits per heavy atom. The van der Waals surface area contributed by atoms with Crippen molar-refractivity contribution in [1.29, 1.82) is 0 Å². The van der Waals surface area contributed by atoms with Gasteiger partial charge < -0.3 is 9.64 Å². The average molecular weight is 345 g/mol. The van der Waals surface area contributed by atoms with Gasteiger partial charge >= 0.3 is 6.09 Å². The summed E-state index contributed by atoms with van der Waals surface area (Å²) in [5.41, 5.74) is 0.290. The first-order valence-corrected chi connectivity index (χ1v) is 9.10. The molecular formula is C19H27N3O3. The number of ketones is 1. The zero-order chi connectivity index (χ0) is 18.2. The first-order valence-electron chi connectivity index (χ1n) is 9.10. The van der Waals surface area contributed by atoms with Crippen LogP contribution in [0.25, 0.3) is 0 Å². The summed E-state index contributed by atoms with van der Waals surface area (Å²) in [6.07, 6.45) is 5.67. The number of Topliss-reactive ketones (excluding diaryl/α,β-unsaturated/α-hetero) is 1. The lowest BCUT2D eigenvalue weighted by atomic mass is 9.77. The molecular weight excluding hydrogens is 318 g/mol. The number of amides is 1. The lowest BCUT2D eigenvalue weighted by Crippen LogP contribution is -2.56. The van der Waals surface area contributed by atoms with Gasteiger partial charge in [0.2, 0.25) is 5.78 Å². The van der Waals surface area contributed by atoms with Crippen molar-refractivity contribution < 1.29 is 14.3 Å². The van der Waals surface area contributed by atoms with Crippen molar-refractivity contribution in [3.8, 4) is 0 Å². The Labute approximate surface area is 149 Å². The van der Waals surface area contributed by atoms with E-state index in [2.05, 4.69) is 9.97 Å². The van der Waals surface area contributed by atoms with Crippen LogP contribution in [0, 0.1) is 12.8 Å². The maximum atomic E-state index is 12.8. The van der Waals surface area contributed by atoms with Gasteiger partial charge in [0.15, 0.2) is 5.82 Å². The number of hydrogen-bond donors (Lipinski definition) is 0. The minimum atomic E-state index is -0.506. The molecule has 2 fully saturated rings. The van der Waals surface area contributed by atoms with Gasteiger partial charge in [-0.05, 0) is 65.9 Å². The fourth-order valence-electron chi connectivity index (χ4n) is 3.96. The van der Waals surface area contributed by atoms with Gasteiger partial charge in [-0.25, -0.2) is 14.8 Å². The Hall–Kier alpha value is -1.98. The van der Waals surface area contributed by atoms with Gasteiger partial charge in [0, 0.05) is 29.9 Å². The molecule has 0 aromatic carbocycles. The molecule has 1 aromatic rings. The number of carbonyl (C=O) groups excluding carboxylic acids is 2. The molecule has 2 bridgehead atoms. The van der Waals surface area contributed by atoms with Gasteiger partial charge in [0.25, 0.3) is 0 Å². The smallest absolute Gasteiger partial charge is 0.410 e.